The van der Waals surface area contributed by atoms with Crippen LogP contribution in [0.4, 0.5) is 5.69 Å². The number of ether oxygens (including phenoxy) is 2. The van der Waals surface area contributed by atoms with Crippen LogP contribution in [0.5, 0.6) is 0 Å². The maximum Gasteiger partial charge on any atom is 0.305 e. The van der Waals surface area contributed by atoms with E-state index in [1.54, 1.807) is 24.3 Å². The maximum atomic E-state index is 12.0. The Balaban J connectivity index is 1.54. The number of carbonyl (C=O) groups excluding carboxylic acids is 5. The number of carbonyl (C=O) groups is 5. The fourth-order valence-electron chi connectivity index (χ4n) is 2.96. The molecule has 33 heavy (non-hydrogen) atoms. The molecular formula is C23H31N3O7. The van der Waals surface area contributed by atoms with E-state index in [-0.39, 0.29) is 37.2 Å². The van der Waals surface area contributed by atoms with E-state index < -0.39 is 11.8 Å². The molecule has 4 amide bonds. The lowest BCUT2D eigenvalue weighted by Crippen LogP contribution is -2.48. The molecule has 180 valence electrons. The Bertz CT molecular complexity index is 839. The van der Waals surface area contributed by atoms with Crippen LogP contribution >= 0.6 is 0 Å². The molecule has 1 aromatic carbocycles. The lowest BCUT2D eigenvalue weighted by atomic mass is 10.1. The molecule has 1 heterocycles. The van der Waals surface area contributed by atoms with Gasteiger partial charge in [0.15, 0.2) is 0 Å². The first-order valence-electron chi connectivity index (χ1n) is 11.1. The predicted octanol–water partition coefficient (Wildman–Crippen LogP) is 1.18. The van der Waals surface area contributed by atoms with Gasteiger partial charge in [0.05, 0.1) is 19.6 Å². The predicted molar refractivity (Wildman–Crippen MR) is 119 cm³/mol. The van der Waals surface area contributed by atoms with Gasteiger partial charge in [-0.1, -0.05) is 19.1 Å². The normalized spacial score (nSPS) is 12.6. The number of imide groups is 1. The molecule has 0 radical (unpaired) electrons. The minimum Gasteiger partial charge on any atom is -0.466 e. The third-order valence-electron chi connectivity index (χ3n) is 4.78. The van der Waals surface area contributed by atoms with Gasteiger partial charge in [0.25, 0.3) is 0 Å². The monoisotopic (exact) mass is 461 g/mol. The Morgan fingerprint density at radius 2 is 1.79 bits per heavy atom. The van der Waals surface area contributed by atoms with Crippen LogP contribution in [-0.2, 0) is 39.9 Å². The number of esters is 1. The summed E-state index contributed by atoms with van der Waals surface area (Å²) in [7, 11) is 0. The summed E-state index contributed by atoms with van der Waals surface area (Å²) in [6.07, 6.45) is 1.95. The number of amides is 4. The number of β-lactam (4-membered cyclic amide) rings is 1. The van der Waals surface area contributed by atoms with E-state index in [9.17, 15) is 24.0 Å². The van der Waals surface area contributed by atoms with Gasteiger partial charge in [-0.25, -0.2) is 0 Å². The molecule has 1 aliphatic rings. The Kier molecular flexibility index (Phi) is 11.0. The Morgan fingerprint density at radius 3 is 2.42 bits per heavy atom. The summed E-state index contributed by atoms with van der Waals surface area (Å²) in [5, 5.41) is 5.23. The first-order chi connectivity index (χ1) is 15.9. The van der Waals surface area contributed by atoms with Crippen molar-refractivity contribution in [2.75, 3.05) is 38.2 Å². The van der Waals surface area contributed by atoms with Crippen molar-refractivity contribution in [1.29, 1.82) is 0 Å². The summed E-state index contributed by atoms with van der Waals surface area (Å²) in [6, 6.07) is 6.67. The smallest absolute Gasteiger partial charge is 0.305 e. The summed E-state index contributed by atoms with van der Waals surface area (Å²) in [6.45, 7) is 3.65. The maximum absolute atomic E-state index is 12.0. The minimum absolute atomic E-state index is 0.119. The zero-order valence-electron chi connectivity index (χ0n) is 18.9. The Morgan fingerprint density at radius 1 is 1.03 bits per heavy atom. The van der Waals surface area contributed by atoms with Crippen molar-refractivity contribution >= 4 is 35.3 Å². The molecule has 2 N–H and O–H groups in total. The molecule has 10 heteroatoms. The van der Waals surface area contributed by atoms with E-state index >= 15 is 0 Å². The van der Waals surface area contributed by atoms with E-state index in [4.69, 9.17) is 9.47 Å². The van der Waals surface area contributed by atoms with Crippen LogP contribution in [0.15, 0.2) is 24.3 Å². The summed E-state index contributed by atoms with van der Waals surface area (Å²) >= 11 is 0. The molecule has 2 rings (SSSR count). The van der Waals surface area contributed by atoms with E-state index in [1.807, 2.05) is 6.92 Å². The second kappa shape index (κ2) is 14.0. The van der Waals surface area contributed by atoms with Crippen molar-refractivity contribution in [2.45, 2.75) is 45.4 Å². The number of nitrogens with zero attached hydrogens (tertiary/aromatic N) is 1. The SMILES string of the molecule is CCCC(=O)OCCCOCCNC(=O)CC(=O)Nc1ccc(CC(=O)N2CCC2=O)cc1. The molecule has 0 atom stereocenters. The summed E-state index contributed by atoms with van der Waals surface area (Å²) in [5.41, 5.74) is 1.24. The van der Waals surface area contributed by atoms with Crippen molar-refractivity contribution in [3.63, 3.8) is 0 Å². The molecule has 10 nitrogen and oxygen atoms in total. The number of hydrogen-bond acceptors (Lipinski definition) is 7. The average molecular weight is 462 g/mol. The number of nitrogens with one attached hydrogen (secondary N) is 2. The van der Waals surface area contributed by atoms with Gasteiger partial charge in [0, 0.05) is 44.6 Å². The number of anilines is 1. The molecule has 1 aliphatic heterocycles. The van der Waals surface area contributed by atoms with Crippen LogP contribution in [0.3, 0.4) is 0 Å². The van der Waals surface area contributed by atoms with E-state index in [0.29, 0.717) is 51.3 Å². The third-order valence-corrected chi connectivity index (χ3v) is 4.78. The summed E-state index contributed by atoms with van der Waals surface area (Å²) in [5.74, 6) is -1.49. The van der Waals surface area contributed by atoms with Crippen molar-refractivity contribution in [3.8, 4) is 0 Å². The Labute approximate surface area is 193 Å². The standard InChI is InChI=1S/C23H31N3O7/c1-2-4-23(31)33-13-3-12-32-14-10-24-19(27)16-20(28)25-18-7-5-17(6-8-18)15-22(30)26-11-9-21(26)29/h5-8H,2-4,9-16H2,1H3,(H,24,27)(H,25,28). The van der Waals surface area contributed by atoms with Crippen molar-refractivity contribution < 1.29 is 33.4 Å². The zero-order chi connectivity index (χ0) is 24.1. The summed E-state index contributed by atoms with van der Waals surface area (Å²) in [4.78, 5) is 59.6. The van der Waals surface area contributed by atoms with Crippen LogP contribution < -0.4 is 10.6 Å². The fraction of sp³-hybridized carbons (Fsp3) is 0.522. The molecule has 0 aliphatic carbocycles. The van der Waals surface area contributed by atoms with E-state index in [1.165, 1.54) is 4.90 Å². The summed E-state index contributed by atoms with van der Waals surface area (Å²) < 4.78 is 10.3. The highest BCUT2D eigenvalue weighted by molar-refractivity contribution is 6.03. The molecule has 0 unspecified atom stereocenters. The van der Waals surface area contributed by atoms with Crippen LogP contribution in [0.1, 0.15) is 44.6 Å². The topological polar surface area (TPSA) is 131 Å². The average Bonchev–Trinajstić information content (AvgIpc) is 2.75. The molecule has 0 aromatic heterocycles. The first-order valence-corrected chi connectivity index (χ1v) is 11.1. The van der Waals surface area contributed by atoms with Crippen LogP contribution in [0.2, 0.25) is 0 Å². The van der Waals surface area contributed by atoms with E-state index in [2.05, 4.69) is 10.6 Å². The zero-order valence-corrected chi connectivity index (χ0v) is 18.9. The molecule has 0 saturated carbocycles. The van der Waals surface area contributed by atoms with Gasteiger partial charge in [-0.3, -0.25) is 28.9 Å². The Hall–Kier alpha value is -3.27. The molecular weight excluding hydrogens is 430 g/mol. The number of hydrogen-bond donors (Lipinski definition) is 2. The van der Waals surface area contributed by atoms with Gasteiger partial charge in [-0.05, 0) is 24.1 Å². The quantitative estimate of drug-likeness (QED) is 0.184. The van der Waals surface area contributed by atoms with Crippen LogP contribution in [0, 0.1) is 0 Å². The fourth-order valence-corrected chi connectivity index (χ4v) is 2.96. The van der Waals surface area contributed by atoms with Gasteiger partial charge >= 0.3 is 5.97 Å². The van der Waals surface area contributed by atoms with Crippen molar-refractivity contribution in [2.24, 2.45) is 0 Å². The highest BCUT2D eigenvalue weighted by Crippen LogP contribution is 2.14. The molecule has 1 aromatic rings. The molecule has 0 spiro atoms. The van der Waals surface area contributed by atoms with Gasteiger partial charge in [-0.15, -0.1) is 0 Å². The van der Waals surface area contributed by atoms with Crippen molar-refractivity contribution in [1.82, 2.24) is 10.2 Å². The van der Waals surface area contributed by atoms with Gasteiger partial charge < -0.3 is 20.1 Å². The second-order valence-electron chi connectivity index (χ2n) is 7.57. The lowest BCUT2D eigenvalue weighted by molar-refractivity contribution is -0.152. The highest BCUT2D eigenvalue weighted by Gasteiger charge is 2.29. The minimum atomic E-state index is -0.461. The number of likely N-dealkylation sites (tertiary alicyclic amines) is 1. The van der Waals surface area contributed by atoms with Gasteiger partial charge in [0.2, 0.25) is 23.6 Å². The van der Waals surface area contributed by atoms with Gasteiger partial charge in [0.1, 0.15) is 6.42 Å². The number of rotatable bonds is 14. The highest BCUT2D eigenvalue weighted by atomic mass is 16.5. The van der Waals surface area contributed by atoms with Crippen molar-refractivity contribution in [3.05, 3.63) is 29.8 Å². The third kappa shape index (κ3) is 9.82. The van der Waals surface area contributed by atoms with E-state index in [0.717, 1.165) is 12.0 Å². The van der Waals surface area contributed by atoms with Gasteiger partial charge in [-0.2, -0.15) is 0 Å². The second-order valence-corrected chi connectivity index (χ2v) is 7.57. The lowest BCUT2D eigenvalue weighted by Gasteiger charge is -2.28. The van der Waals surface area contributed by atoms with Crippen LogP contribution in [0.25, 0.3) is 0 Å². The molecule has 1 fully saturated rings. The molecule has 1 saturated heterocycles. The van der Waals surface area contributed by atoms with Crippen LogP contribution in [-0.4, -0.2) is 67.4 Å². The first kappa shape index (κ1) is 26.0. The largest absolute Gasteiger partial charge is 0.466 e. The number of benzene rings is 1. The molecule has 0 bridgehead atoms.